The van der Waals surface area contributed by atoms with E-state index in [-0.39, 0.29) is 0 Å². The van der Waals surface area contributed by atoms with Gasteiger partial charge in [-0.15, -0.1) is 0 Å². The first-order chi connectivity index (χ1) is 8.13. The van der Waals surface area contributed by atoms with Gasteiger partial charge in [0, 0.05) is 17.1 Å². The van der Waals surface area contributed by atoms with E-state index in [2.05, 4.69) is 30.9 Å². The maximum Gasteiger partial charge on any atom is 0.0409 e. The van der Waals surface area contributed by atoms with Crippen molar-refractivity contribution in [3.63, 3.8) is 0 Å². The topological polar surface area (TPSA) is 29.3 Å². The van der Waals surface area contributed by atoms with Crippen molar-refractivity contribution in [2.24, 2.45) is 11.7 Å². The van der Waals surface area contributed by atoms with Crippen LogP contribution in [0.5, 0.6) is 0 Å². The first-order valence-electron chi connectivity index (χ1n) is 6.34. The molecule has 2 atom stereocenters. The Morgan fingerprint density at radius 3 is 2.82 bits per heavy atom. The minimum Gasteiger partial charge on any atom is -0.330 e. The summed E-state index contributed by atoms with van der Waals surface area (Å²) in [4.78, 5) is 2.53. The zero-order valence-corrected chi connectivity index (χ0v) is 11.3. The highest BCUT2D eigenvalue weighted by Crippen LogP contribution is 2.38. The lowest BCUT2D eigenvalue weighted by atomic mass is 9.93. The molecular formula is C14H21ClN2. The summed E-state index contributed by atoms with van der Waals surface area (Å²) in [6.45, 7) is 6.38. The van der Waals surface area contributed by atoms with E-state index >= 15 is 0 Å². The van der Waals surface area contributed by atoms with Crippen LogP contribution in [-0.4, -0.2) is 24.0 Å². The number of hydrogen-bond acceptors (Lipinski definition) is 2. The third kappa shape index (κ3) is 2.65. The van der Waals surface area contributed by atoms with Crippen LogP contribution in [-0.2, 0) is 0 Å². The Labute approximate surface area is 109 Å². The highest BCUT2D eigenvalue weighted by atomic mass is 35.5. The standard InChI is InChI=1S/C14H21ClN2/c1-10(2)17-7-6-12(9-16)14(17)11-4-3-5-13(15)8-11/h3-5,8,10,12,14H,6-7,9,16H2,1-2H3. The van der Waals surface area contributed by atoms with Crippen LogP contribution in [0.1, 0.15) is 31.9 Å². The lowest BCUT2D eigenvalue weighted by Crippen LogP contribution is -2.33. The molecule has 2 rings (SSSR count). The molecule has 0 aromatic heterocycles. The van der Waals surface area contributed by atoms with Crippen LogP contribution < -0.4 is 5.73 Å². The smallest absolute Gasteiger partial charge is 0.0409 e. The average Bonchev–Trinajstić information content (AvgIpc) is 2.72. The van der Waals surface area contributed by atoms with Gasteiger partial charge in [-0.3, -0.25) is 4.90 Å². The Hall–Kier alpha value is -0.570. The van der Waals surface area contributed by atoms with Crippen molar-refractivity contribution < 1.29 is 0 Å². The molecule has 0 bridgehead atoms. The Kier molecular flexibility index (Phi) is 4.08. The lowest BCUT2D eigenvalue weighted by Gasteiger charge is -2.31. The van der Waals surface area contributed by atoms with Gasteiger partial charge in [0.05, 0.1) is 0 Å². The van der Waals surface area contributed by atoms with Crippen molar-refractivity contribution in [1.29, 1.82) is 0 Å². The van der Waals surface area contributed by atoms with Gasteiger partial charge in [-0.2, -0.15) is 0 Å². The number of hydrogen-bond donors (Lipinski definition) is 1. The molecule has 2 N–H and O–H groups in total. The largest absolute Gasteiger partial charge is 0.330 e. The average molecular weight is 253 g/mol. The van der Waals surface area contributed by atoms with E-state index in [0.717, 1.165) is 18.1 Å². The number of nitrogens with two attached hydrogens (primary N) is 1. The molecule has 3 heteroatoms. The molecule has 1 saturated heterocycles. The second kappa shape index (κ2) is 5.38. The van der Waals surface area contributed by atoms with Gasteiger partial charge in [-0.05, 0) is 57.0 Å². The molecule has 94 valence electrons. The van der Waals surface area contributed by atoms with Gasteiger partial charge >= 0.3 is 0 Å². The monoisotopic (exact) mass is 252 g/mol. The van der Waals surface area contributed by atoms with Crippen LogP contribution >= 0.6 is 11.6 Å². The number of rotatable bonds is 3. The molecule has 2 nitrogen and oxygen atoms in total. The molecule has 0 aliphatic carbocycles. The number of benzene rings is 1. The number of likely N-dealkylation sites (tertiary alicyclic amines) is 1. The molecule has 17 heavy (non-hydrogen) atoms. The molecule has 2 unspecified atom stereocenters. The van der Waals surface area contributed by atoms with Crippen molar-refractivity contribution in [3.8, 4) is 0 Å². The van der Waals surface area contributed by atoms with Crippen LogP contribution in [0.4, 0.5) is 0 Å². The van der Waals surface area contributed by atoms with E-state index in [1.165, 1.54) is 12.0 Å². The number of nitrogens with zero attached hydrogens (tertiary/aromatic N) is 1. The molecule has 0 spiro atoms. The maximum absolute atomic E-state index is 6.09. The van der Waals surface area contributed by atoms with Crippen molar-refractivity contribution in [2.45, 2.75) is 32.4 Å². The fourth-order valence-corrected chi connectivity index (χ4v) is 3.06. The fraction of sp³-hybridized carbons (Fsp3) is 0.571. The summed E-state index contributed by atoms with van der Waals surface area (Å²) in [5.41, 5.74) is 7.21. The molecular weight excluding hydrogens is 232 g/mol. The van der Waals surface area contributed by atoms with E-state index in [1.54, 1.807) is 0 Å². The summed E-state index contributed by atoms with van der Waals surface area (Å²) in [6, 6.07) is 9.18. The van der Waals surface area contributed by atoms with Gasteiger partial charge in [-0.1, -0.05) is 23.7 Å². The summed E-state index contributed by atoms with van der Waals surface area (Å²) in [6.07, 6.45) is 1.19. The van der Waals surface area contributed by atoms with Crippen LogP contribution in [0, 0.1) is 5.92 Å². The van der Waals surface area contributed by atoms with Gasteiger partial charge in [0.2, 0.25) is 0 Å². The highest BCUT2D eigenvalue weighted by Gasteiger charge is 2.35. The minimum absolute atomic E-state index is 0.429. The van der Waals surface area contributed by atoms with Gasteiger partial charge < -0.3 is 5.73 Å². The zero-order valence-electron chi connectivity index (χ0n) is 10.6. The molecule has 0 radical (unpaired) electrons. The van der Waals surface area contributed by atoms with Crippen LogP contribution in [0.15, 0.2) is 24.3 Å². The third-order valence-electron chi connectivity index (χ3n) is 3.72. The predicted molar refractivity (Wildman–Crippen MR) is 73.2 cm³/mol. The zero-order chi connectivity index (χ0) is 12.4. The molecule has 0 saturated carbocycles. The quantitative estimate of drug-likeness (QED) is 0.896. The molecule has 1 fully saturated rings. The molecule has 1 aliphatic rings. The van der Waals surface area contributed by atoms with Gasteiger partial charge in [0.15, 0.2) is 0 Å². The van der Waals surface area contributed by atoms with Crippen molar-refractivity contribution >= 4 is 11.6 Å². The van der Waals surface area contributed by atoms with Crippen LogP contribution in [0.25, 0.3) is 0 Å². The minimum atomic E-state index is 0.429. The Morgan fingerprint density at radius 1 is 1.47 bits per heavy atom. The van der Waals surface area contributed by atoms with Crippen molar-refractivity contribution in [2.75, 3.05) is 13.1 Å². The molecule has 1 heterocycles. The predicted octanol–water partition coefficient (Wildman–Crippen LogP) is 3.07. The SMILES string of the molecule is CC(C)N1CCC(CN)C1c1cccc(Cl)c1. The van der Waals surface area contributed by atoms with Gasteiger partial charge in [-0.25, -0.2) is 0 Å². The van der Waals surface area contributed by atoms with Gasteiger partial charge in [0.1, 0.15) is 0 Å². The van der Waals surface area contributed by atoms with Gasteiger partial charge in [0.25, 0.3) is 0 Å². The van der Waals surface area contributed by atoms with Crippen molar-refractivity contribution in [1.82, 2.24) is 4.90 Å². The molecule has 1 aliphatic heterocycles. The number of halogens is 1. The summed E-state index contributed by atoms with van der Waals surface area (Å²) in [5, 5.41) is 0.814. The first-order valence-corrected chi connectivity index (χ1v) is 6.72. The van der Waals surface area contributed by atoms with Crippen LogP contribution in [0.2, 0.25) is 5.02 Å². The summed E-state index contributed by atoms with van der Waals surface area (Å²) >= 11 is 6.09. The van der Waals surface area contributed by atoms with E-state index in [0.29, 0.717) is 18.0 Å². The lowest BCUT2D eigenvalue weighted by molar-refractivity contribution is 0.184. The Balaban J connectivity index is 2.31. The highest BCUT2D eigenvalue weighted by molar-refractivity contribution is 6.30. The van der Waals surface area contributed by atoms with E-state index in [4.69, 9.17) is 17.3 Å². The first kappa shape index (κ1) is 12.9. The summed E-state index contributed by atoms with van der Waals surface area (Å²) in [5.74, 6) is 0.552. The van der Waals surface area contributed by atoms with Crippen molar-refractivity contribution in [3.05, 3.63) is 34.9 Å². The van der Waals surface area contributed by atoms with E-state index in [9.17, 15) is 0 Å². The second-order valence-corrected chi connectivity index (χ2v) is 5.55. The fourth-order valence-electron chi connectivity index (χ4n) is 2.86. The molecule has 1 aromatic carbocycles. The normalized spacial score (nSPS) is 25.7. The second-order valence-electron chi connectivity index (χ2n) is 5.12. The third-order valence-corrected chi connectivity index (χ3v) is 3.95. The van der Waals surface area contributed by atoms with Crippen LogP contribution in [0.3, 0.4) is 0 Å². The summed E-state index contributed by atoms with van der Waals surface area (Å²) in [7, 11) is 0. The summed E-state index contributed by atoms with van der Waals surface area (Å²) < 4.78 is 0. The van der Waals surface area contributed by atoms with E-state index < -0.39 is 0 Å². The molecule has 1 aromatic rings. The Morgan fingerprint density at radius 2 is 2.24 bits per heavy atom. The Bertz CT molecular complexity index is 378. The van der Waals surface area contributed by atoms with E-state index in [1.807, 2.05) is 12.1 Å². The molecule has 0 amide bonds. The maximum atomic E-state index is 6.09.